The number of hydrogen-bond donors (Lipinski definition) is 0. The minimum absolute atomic E-state index is 0.0160. The second kappa shape index (κ2) is 7.14. The first-order valence-corrected chi connectivity index (χ1v) is 10.1. The summed E-state index contributed by atoms with van der Waals surface area (Å²) in [5.74, 6) is -1.47. The van der Waals surface area contributed by atoms with Crippen LogP contribution in [0.2, 0.25) is 0 Å². The number of piperidine rings is 1. The maximum Gasteiger partial charge on any atom is 0.255 e. The van der Waals surface area contributed by atoms with Gasteiger partial charge in [0.05, 0.1) is 17.7 Å². The zero-order chi connectivity index (χ0) is 21.8. The molecule has 2 amide bonds. The Morgan fingerprint density at radius 3 is 2.68 bits per heavy atom. The number of halogens is 2. The highest BCUT2D eigenvalue weighted by molar-refractivity contribution is 5.98. The Balaban J connectivity index is 1.40. The quantitative estimate of drug-likeness (QED) is 0.730. The molecule has 0 saturated carbocycles. The molecule has 0 aromatic carbocycles. The molecule has 0 unspecified atom stereocenters. The summed E-state index contributed by atoms with van der Waals surface area (Å²) in [6, 6.07) is 3.48. The highest BCUT2D eigenvalue weighted by Gasteiger charge is 2.36. The van der Waals surface area contributed by atoms with Crippen LogP contribution in [0.25, 0.3) is 0 Å². The molecule has 0 N–H and O–H groups in total. The molecule has 3 aliphatic rings. The van der Waals surface area contributed by atoms with Crippen molar-refractivity contribution in [3.63, 3.8) is 0 Å². The van der Waals surface area contributed by atoms with Crippen LogP contribution in [-0.4, -0.2) is 70.8 Å². The second-order valence-electron chi connectivity index (χ2n) is 8.05. The van der Waals surface area contributed by atoms with Crippen LogP contribution >= 0.6 is 0 Å². The van der Waals surface area contributed by atoms with E-state index in [1.165, 1.54) is 11.1 Å². The molecule has 5 heterocycles. The van der Waals surface area contributed by atoms with E-state index in [9.17, 15) is 18.4 Å². The summed E-state index contributed by atoms with van der Waals surface area (Å²) in [6.07, 6.45) is 2.36. The smallest absolute Gasteiger partial charge is 0.255 e. The molecule has 162 valence electrons. The molecular weight excluding hydrogens is 408 g/mol. The maximum atomic E-state index is 13.4. The molecule has 0 atom stereocenters. The third kappa shape index (κ3) is 3.45. The van der Waals surface area contributed by atoms with E-state index in [0.717, 1.165) is 5.56 Å². The van der Waals surface area contributed by atoms with E-state index in [2.05, 4.69) is 9.97 Å². The first-order valence-electron chi connectivity index (χ1n) is 10.1. The summed E-state index contributed by atoms with van der Waals surface area (Å²) in [4.78, 5) is 38.7. The van der Waals surface area contributed by atoms with E-state index >= 15 is 0 Å². The van der Waals surface area contributed by atoms with Crippen molar-refractivity contribution < 1.29 is 23.1 Å². The Morgan fingerprint density at radius 2 is 1.90 bits per heavy atom. The Kier molecular flexibility index (Phi) is 4.53. The van der Waals surface area contributed by atoms with Crippen molar-refractivity contribution >= 4 is 23.5 Å². The van der Waals surface area contributed by atoms with Crippen molar-refractivity contribution in [3.05, 3.63) is 41.2 Å². The van der Waals surface area contributed by atoms with Gasteiger partial charge in [-0.2, -0.15) is 0 Å². The molecule has 5 rings (SSSR count). The minimum atomic E-state index is -2.71. The molecule has 3 aliphatic heterocycles. The summed E-state index contributed by atoms with van der Waals surface area (Å²) in [7, 11) is 1.75. The molecule has 0 bridgehead atoms. The van der Waals surface area contributed by atoms with Crippen LogP contribution in [0.5, 0.6) is 5.75 Å². The third-order valence-electron chi connectivity index (χ3n) is 5.93. The first kappa shape index (κ1) is 19.7. The van der Waals surface area contributed by atoms with Crippen molar-refractivity contribution in [2.75, 3.05) is 38.2 Å². The van der Waals surface area contributed by atoms with Gasteiger partial charge in [-0.1, -0.05) is 0 Å². The lowest BCUT2D eigenvalue weighted by Crippen LogP contribution is -2.42. The van der Waals surface area contributed by atoms with Crippen LogP contribution in [-0.2, 0) is 6.54 Å². The fourth-order valence-electron chi connectivity index (χ4n) is 4.15. The maximum absolute atomic E-state index is 13.4. The van der Waals surface area contributed by atoms with Crippen molar-refractivity contribution in [2.24, 2.45) is 0 Å². The molecule has 8 nitrogen and oxygen atoms in total. The Morgan fingerprint density at radius 1 is 1.13 bits per heavy atom. The van der Waals surface area contributed by atoms with E-state index < -0.39 is 5.92 Å². The van der Waals surface area contributed by atoms with Crippen LogP contribution in [0.4, 0.5) is 20.4 Å². The number of fused-ring (bicyclic) bond motifs is 2. The largest absolute Gasteiger partial charge is 0.488 e. The summed E-state index contributed by atoms with van der Waals surface area (Å²) in [5, 5.41) is 0. The number of hydrogen-bond acceptors (Lipinski definition) is 6. The second-order valence-corrected chi connectivity index (χ2v) is 8.05. The zero-order valence-corrected chi connectivity index (χ0v) is 17.0. The highest BCUT2D eigenvalue weighted by Crippen LogP contribution is 2.36. The molecule has 2 aromatic heterocycles. The molecule has 1 fully saturated rings. The average molecular weight is 429 g/mol. The number of carbonyl (C=O) groups is 2. The molecule has 2 aromatic rings. The Hall–Kier alpha value is -3.30. The number of amides is 2. The van der Waals surface area contributed by atoms with Gasteiger partial charge in [0.1, 0.15) is 12.4 Å². The van der Waals surface area contributed by atoms with E-state index in [-0.39, 0.29) is 37.7 Å². The molecule has 0 aliphatic carbocycles. The van der Waals surface area contributed by atoms with Gasteiger partial charge >= 0.3 is 0 Å². The monoisotopic (exact) mass is 429 g/mol. The molecule has 31 heavy (non-hydrogen) atoms. The van der Waals surface area contributed by atoms with Gasteiger partial charge in [0.2, 0.25) is 0 Å². The van der Waals surface area contributed by atoms with Gasteiger partial charge in [-0.05, 0) is 17.7 Å². The number of nitrogens with zero attached hydrogens (tertiary/aromatic N) is 5. The lowest BCUT2D eigenvalue weighted by molar-refractivity contribution is -0.0494. The fraction of sp³-hybridized carbons (Fsp3) is 0.429. The molecular formula is C21H21F2N5O3. The van der Waals surface area contributed by atoms with E-state index in [0.29, 0.717) is 48.2 Å². The summed E-state index contributed by atoms with van der Waals surface area (Å²) < 4.78 is 32.5. The SMILES string of the molecule is CN1Cc2cc(N3CCOc4cc(C(=O)N5CCC(F)(F)CC5)cnc43)ncc2C1=O. The number of pyridine rings is 2. The van der Waals surface area contributed by atoms with Gasteiger partial charge in [-0.3, -0.25) is 9.59 Å². The van der Waals surface area contributed by atoms with Crippen LogP contribution in [0.1, 0.15) is 39.1 Å². The zero-order valence-electron chi connectivity index (χ0n) is 17.0. The first-order chi connectivity index (χ1) is 14.8. The topological polar surface area (TPSA) is 78.9 Å². The molecule has 0 spiro atoms. The van der Waals surface area contributed by atoms with Crippen molar-refractivity contribution in [2.45, 2.75) is 25.3 Å². The lowest BCUT2D eigenvalue weighted by atomic mass is 10.1. The van der Waals surface area contributed by atoms with Crippen molar-refractivity contribution in [1.82, 2.24) is 19.8 Å². The number of alkyl halides is 2. The number of likely N-dealkylation sites (tertiary alicyclic amines) is 1. The highest BCUT2D eigenvalue weighted by atomic mass is 19.3. The van der Waals surface area contributed by atoms with E-state index in [1.54, 1.807) is 24.2 Å². The number of rotatable bonds is 2. The standard InChI is InChI=1S/C21H21F2N5O3/c1-26-12-14-9-17(24-11-15(14)20(26)30)28-6-7-31-16-8-13(10-25-18(16)28)19(29)27-4-2-21(22,23)3-5-27/h8-11H,2-7,12H2,1H3. The number of anilines is 2. The van der Waals surface area contributed by atoms with Crippen LogP contribution < -0.4 is 9.64 Å². The predicted octanol–water partition coefficient (Wildman–Crippen LogP) is 2.46. The predicted molar refractivity (Wildman–Crippen MR) is 107 cm³/mol. The van der Waals surface area contributed by atoms with Crippen molar-refractivity contribution in [3.8, 4) is 5.75 Å². The van der Waals surface area contributed by atoms with Crippen LogP contribution in [0, 0.1) is 0 Å². The Bertz CT molecular complexity index is 1070. The Labute approximate surface area is 177 Å². The normalized spacial score (nSPS) is 19.7. The van der Waals surface area contributed by atoms with E-state index in [4.69, 9.17) is 4.74 Å². The lowest BCUT2D eigenvalue weighted by Gasteiger charge is -2.32. The van der Waals surface area contributed by atoms with Crippen molar-refractivity contribution in [1.29, 1.82) is 0 Å². The summed E-state index contributed by atoms with van der Waals surface area (Å²) in [6.45, 7) is 1.45. The number of carbonyl (C=O) groups excluding carboxylic acids is 2. The van der Waals surface area contributed by atoms with Gasteiger partial charge in [0.15, 0.2) is 11.6 Å². The van der Waals surface area contributed by atoms with Crippen LogP contribution in [0.3, 0.4) is 0 Å². The van der Waals surface area contributed by atoms with Gasteiger partial charge in [-0.15, -0.1) is 0 Å². The fourth-order valence-corrected chi connectivity index (χ4v) is 4.15. The third-order valence-corrected chi connectivity index (χ3v) is 5.93. The summed E-state index contributed by atoms with van der Waals surface area (Å²) >= 11 is 0. The van der Waals surface area contributed by atoms with Gasteiger partial charge in [0, 0.05) is 51.9 Å². The molecule has 0 radical (unpaired) electrons. The molecule has 10 heteroatoms. The summed E-state index contributed by atoms with van der Waals surface area (Å²) in [5.41, 5.74) is 1.81. The molecule has 1 saturated heterocycles. The minimum Gasteiger partial charge on any atom is -0.488 e. The van der Waals surface area contributed by atoms with Gasteiger partial charge < -0.3 is 19.4 Å². The van der Waals surface area contributed by atoms with Crippen LogP contribution in [0.15, 0.2) is 24.5 Å². The van der Waals surface area contributed by atoms with Gasteiger partial charge in [0.25, 0.3) is 17.7 Å². The number of ether oxygens (including phenoxy) is 1. The van der Waals surface area contributed by atoms with Gasteiger partial charge in [-0.25, -0.2) is 18.7 Å². The van der Waals surface area contributed by atoms with E-state index in [1.807, 2.05) is 11.0 Å². The average Bonchev–Trinajstić information content (AvgIpc) is 3.05. The number of aromatic nitrogens is 2.